The molecule has 0 fully saturated rings. The number of carbonyl (C=O) groups excluding carboxylic acids is 1. The molecule has 0 aliphatic heterocycles. The van der Waals surface area contributed by atoms with Gasteiger partial charge in [-0.25, -0.2) is 0 Å². The number of methoxy groups -OCH3 is 1. The zero-order valence-corrected chi connectivity index (χ0v) is 18.0. The minimum atomic E-state index is -0.235. The van der Waals surface area contributed by atoms with Gasteiger partial charge in [0.1, 0.15) is 29.6 Å². The second-order valence-electron chi connectivity index (χ2n) is 6.60. The van der Waals surface area contributed by atoms with Crippen LogP contribution in [0.15, 0.2) is 66.7 Å². The van der Waals surface area contributed by atoms with Gasteiger partial charge in [-0.15, -0.1) is 0 Å². The third kappa shape index (κ3) is 5.92. The molecule has 3 rings (SSSR count). The van der Waals surface area contributed by atoms with E-state index < -0.39 is 0 Å². The van der Waals surface area contributed by atoms with Gasteiger partial charge in [-0.1, -0.05) is 12.1 Å². The lowest BCUT2D eigenvalue weighted by atomic mass is 10.1. The Morgan fingerprint density at radius 2 is 1.48 bits per heavy atom. The van der Waals surface area contributed by atoms with Gasteiger partial charge in [-0.2, -0.15) is 0 Å². The first-order chi connectivity index (χ1) is 15.1. The normalized spacial score (nSPS) is 10.3. The molecular formula is C25H27NO5. The average Bonchev–Trinajstić information content (AvgIpc) is 2.80. The van der Waals surface area contributed by atoms with Crippen molar-refractivity contribution in [2.75, 3.05) is 25.6 Å². The molecule has 6 nitrogen and oxygen atoms in total. The van der Waals surface area contributed by atoms with Gasteiger partial charge >= 0.3 is 0 Å². The fraction of sp³-hybridized carbons (Fsp3) is 0.240. The molecule has 3 aromatic rings. The third-order valence-corrected chi connectivity index (χ3v) is 4.51. The van der Waals surface area contributed by atoms with E-state index >= 15 is 0 Å². The lowest BCUT2D eigenvalue weighted by molar-refractivity contribution is 0.102. The van der Waals surface area contributed by atoms with Crippen LogP contribution in [0.25, 0.3) is 0 Å². The fourth-order valence-electron chi connectivity index (χ4n) is 3.01. The minimum Gasteiger partial charge on any atom is -0.497 e. The average molecular weight is 421 g/mol. The van der Waals surface area contributed by atoms with Crippen LogP contribution >= 0.6 is 0 Å². The monoisotopic (exact) mass is 421 g/mol. The molecule has 31 heavy (non-hydrogen) atoms. The molecule has 1 amide bonds. The highest BCUT2D eigenvalue weighted by molar-refractivity contribution is 6.05. The molecule has 0 heterocycles. The Morgan fingerprint density at radius 3 is 2.19 bits per heavy atom. The van der Waals surface area contributed by atoms with Crippen LogP contribution in [0.2, 0.25) is 0 Å². The van der Waals surface area contributed by atoms with Gasteiger partial charge in [0.25, 0.3) is 5.91 Å². The third-order valence-electron chi connectivity index (χ3n) is 4.51. The molecule has 6 heteroatoms. The summed E-state index contributed by atoms with van der Waals surface area (Å²) in [6.07, 6.45) is 0. The molecule has 0 atom stereocenters. The Hall–Kier alpha value is -3.67. The maximum atomic E-state index is 12.9. The van der Waals surface area contributed by atoms with Crippen molar-refractivity contribution in [2.45, 2.75) is 20.5 Å². The van der Waals surface area contributed by atoms with Crippen molar-refractivity contribution in [3.63, 3.8) is 0 Å². The molecule has 3 aromatic carbocycles. The summed E-state index contributed by atoms with van der Waals surface area (Å²) in [6, 6.07) is 20.0. The number of carbonyl (C=O) groups is 1. The van der Waals surface area contributed by atoms with Crippen molar-refractivity contribution in [3.8, 4) is 23.0 Å². The van der Waals surface area contributed by atoms with Crippen molar-refractivity contribution in [2.24, 2.45) is 0 Å². The van der Waals surface area contributed by atoms with E-state index in [0.717, 1.165) is 11.3 Å². The Morgan fingerprint density at radius 1 is 0.806 bits per heavy atom. The molecule has 0 spiro atoms. The van der Waals surface area contributed by atoms with Gasteiger partial charge in [-0.05, 0) is 68.4 Å². The van der Waals surface area contributed by atoms with E-state index in [1.54, 1.807) is 25.3 Å². The molecule has 1 N–H and O–H groups in total. The standard InChI is InChI=1S/C25H27NO5/c1-4-29-23-15-10-18(25(27)26-22-8-6-7-9-24(22)30-5-2)16-19(23)17-31-21-13-11-20(28-3)12-14-21/h6-16H,4-5,17H2,1-3H3,(H,26,27). The lowest BCUT2D eigenvalue weighted by Gasteiger charge is -2.14. The second-order valence-corrected chi connectivity index (χ2v) is 6.60. The maximum Gasteiger partial charge on any atom is 0.255 e. The first-order valence-electron chi connectivity index (χ1n) is 10.2. The maximum absolute atomic E-state index is 12.9. The van der Waals surface area contributed by atoms with Gasteiger partial charge in [0.2, 0.25) is 0 Å². The summed E-state index contributed by atoms with van der Waals surface area (Å²) in [5.41, 5.74) is 1.91. The van der Waals surface area contributed by atoms with Crippen molar-refractivity contribution in [3.05, 3.63) is 77.9 Å². The van der Waals surface area contributed by atoms with Crippen LogP contribution in [0.1, 0.15) is 29.8 Å². The molecule has 0 aliphatic rings. The summed E-state index contributed by atoms with van der Waals surface area (Å²) in [7, 11) is 1.62. The number of nitrogens with one attached hydrogen (secondary N) is 1. The van der Waals surface area contributed by atoms with Crippen LogP contribution in [-0.4, -0.2) is 26.2 Å². The van der Waals surface area contributed by atoms with Crippen LogP contribution < -0.4 is 24.3 Å². The van der Waals surface area contributed by atoms with Crippen molar-refractivity contribution >= 4 is 11.6 Å². The Kier molecular flexibility index (Phi) is 7.76. The Labute approximate surface area is 182 Å². The second kappa shape index (κ2) is 10.9. The van der Waals surface area contributed by atoms with Crippen LogP contribution in [0.4, 0.5) is 5.69 Å². The quantitative estimate of drug-likeness (QED) is 0.480. The minimum absolute atomic E-state index is 0.235. The molecule has 0 unspecified atom stereocenters. The molecule has 0 bridgehead atoms. The molecule has 0 radical (unpaired) electrons. The van der Waals surface area contributed by atoms with Gasteiger partial charge in [0, 0.05) is 11.1 Å². The first-order valence-corrected chi connectivity index (χ1v) is 10.2. The van der Waals surface area contributed by atoms with Gasteiger partial charge < -0.3 is 24.3 Å². The Balaban J connectivity index is 1.77. The molecule has 162 valence electrons. The number of hydrogen-bond acceptors (Lipinski definition) is 5. The predicted octanol–water partition coefficient (Wildman–Crippen LogP) is 5.32. The van der Waals surface area contributed by atoms with Crippen molar-refractivity contribution in [1.29, 1.82) is 0 Å². The SMILES string of the molecule is CCOc1ccc(C(=O)Nc2ccccc2OCC)cc1COc1ccc(OC)cc1. The predicted molar refractivity (Wildman–Crippen MR) is 121 cm³/mol. The topological polar surface area (TPSA) is 66.0 Å². The number of benzene rings is 3. The first kappa shape index (κ1) is 22.0. The summed E-state index contributed by atoms with van der Waals surface area (Å²) < 4.78 is 22.4. The van der Waals surface area contributed by atoms with Gasteiger partial charge in [0.05, 0.1) is 26.0 Å². The smallest absolute Gasteiger partial charge is 0.255 e. The van der Waals surface area contributed by atoms with E-state index in [1.165, 1.54) is 0 Å². The van der Waals surface area contributed by atoms with E-state index in [1.807, 2.05) is 62.4 Å². The van der Waals surface area contributed by atoms with Gasteiger partial charge in [0.15, 0.2) is 0 Å². The summed E-state index contributed by atoms with van der Waals surface area (Å²) in [5.74, 6) is 2.53. The molecular weight excluding hydrogens is 394 g/mol. The van der Waals surface area contributed by atoms with E-state index in [9.17, 15) is 4.79 Å². The number of hydrogen-bond donors (Lipinski definition) is 1. The van der Waals surface area contributed by atoms with E-state index in [2.05, 4.69) is 5.32 Å². The molecule has 0 saturated heterocycles. The number of para-hydroxylation sites is 2. The Bertz CT molecular complexity index is 1000. The van der Waals surface area contributed by atoms with E-state index in [-0.39, 0.29) is 12.5 Å². The fourth-order valence-corrected chi connectivity index (χ4v) is 3.01. The molecule has 0 aliphatic carbocycles. The molecule has 0 aromatic heterocycles. The zero-order chi connectivity index (χ0) is 22.1. The van der Waals surface area contributed by atoms with Crippen LogP contribution in [0.3, 0.4) is 0 Å². The number of anilines is 1. The van der Waals surface area contributed by atoms with Crippen molar-refractivity contribution in [1.82, 2.24) is 0 Å². The highest BCUT2D eigenvalue weighted by atomic mass is 16.5. The van der Waals surface area contributed by atoms with E-state index in [0.29, 0.717) is 41.7 Å². The highest BCUT2D eigenvalue weighted by Gasteiger charge is 2.13. The van der Waals surface area contributed by atoms with Crippen molar-refractivity contribution < 1.29 is 23.7 Å². The van der Waals surface area contributed by atoms with Crippen LogP contribution in [-0.2, 0) is 6.61 Å². The van der Waals surface area contributed by atoms with Gasteiger partial charge in [-0.3, -0.25) is 4.79 Å². The molecule has 0 saturated carbocycles. The lowest BCUT2D eigenvalue weighted by Crippen LogP contribution is -2.14. The number of rotatable bonds is 10. The summed E-state index contributed by atoms with van der Waals surface area (Å²) in [4.78, 5) is 12.9. The van der Waals surface area contributed by atoms with Crippen LogP contribution in [0.5, 0.6) is 23.0 Å². The summed E-state index contributed by atoms with van der Waals surface area (Å²) in [6.45, 7) is 5.11. The largest absolute Gasteiger partial charge is 0.497 e. The zero-order valence-electron chi connectivity index (χ0n) is 18.0. The summed E-state index contributed by atoms with van der Waals surface area (Å²) in [5, 5.41) is 2.92. The van der Waals surface area contributed by atoms with Crippen LogP contribution in [0, 0.1) is 0 Å². The number of ether oxygens (including phenoxy) is 4. The number of amides is 1. The summed E-state index contributed by atoms with van der Waals surface area (Å²) >= 11 is 0. The highest BCUT2D eigenvalue weighted by Crippen LogP contribution is 2.27. The van der Waals surface area contributed by atoms with E-state index in [4.69, 9.17) is 18.9 Å².